The van der Waals surface area contributed by atoms with Gasteiger partial charge < -0.3 is 10.6 Å². The van der Waals surface area contributed by atoms with Gasteiger partial charge in [0.2, 0.25) is 5.91 Å². The first-order chi connectivity index (χ1) is 14.4. The number of rotatable bonds is 5. The van der Waals surface area contributed by atoms with E-state index in [2.05, 4.69) is 37.4 Å². The van der Waals surface area contributed by atoms with Crippen molar-refractivity contribution in [2.45, 2.75) is 6.92 Å². The van der Waals surface area contributed by atoms with Gasteiger partial charge in [-0.2, -0.15) is 10.2 Å². The second-order valence-corrected chi connectivity index (χ2v) is 6.57. The fourth-order valence-corrected chi connectivity index (χ4v) is 2.87. The lowest BCUT2D eigenvalue weighted by Gasteiger charge is -2.10. The summed E-state index contributed by atoms with van der Waals surface area (Å²) in [6.45, 7) is 5.17. The van der Waals surface area contributed by atoms with E-state index in [4.69, 9.17) is 0 Å². The number of hydrogen-bond donors (Lipinski definition) is 2. The second-order valence-electron chi connectivity index (χ2n) is 6.57. The first-order valence-electron chi connectivity index (χ1n) is 8.98. The number of nitrogens with zero attached hydrogens (tertiary/aromatic N) is 6. The third-order valence-corrected chi connectivity index (χ3v) is 4.44. The molecule has 4 rings (SSSR count). The number of anilines is 2. The van der Waals surface area contributed by atoms with Crippen LogP contribution in [0.1, 0.15) is 16.1 Å². The van der Waals surface area contributed by atoms with Crippen molar-refractivity contribution >= 4 is 28.7 Å². The molecule has 4 heterocycles. The maximum Gasteiger partial charge on any atom is 0.259 e. The second kappa shape index (κ2) is 7.59. The van der Waals surface area contributed by atoms with Gasteiger partial charge in [-0.25, -0.2) is 4.52 Å². The van der Waals surface area contributed by atoms with Crippen LogP contribution in [0.5, 0.6) is 0 Å². The van der Waals surface area contributed by atoms with Crippen molar-refractivity contribution in [3.05, 3.63) is 67.2 Å². The van der Waals surface area contributed by atoms with Gasteiger partial charge in [0.05, 0.1) is 64.8 Å². The van der Waals surface area contributed by atoms with Crippen LogP contribution in [0.3, 0.4) is 0 Å². The number of carbonyl (C=O) groups excluding carboxylic acids is 2. The van der Waals surface area contributed by atoms with E-state index in [1.165, 1.54) is 12.4 Å². The minimum atomic E-state index is -0.365. The molecule has 2 N–H and O–H groups in total. The van der Waals surface area contributed by atoms with E-state index in [-0.39, 0.29) is 11.8 Å². The number of fused-ring (bicyclic) bond motifs is 1. The molecular weight excluding hydrogens is 384 g/mol. The Morgan fingerprint density at radius 2 is 1.90 bits per heavy atom. The lowest BCUT2D eigenvalue weighted by atomic mass is 10.2. The topological polar surface area (TPSA) is 119 Å². The van der Waals surface area contributed by atoms with Crippen molar-refractivity contribution < 1.29 is 9.59 Å². The van der Waals surface area contributed by atoms with E-state index in [0.717, 1.165) is 11.6 Å². The Morgan fingerprint density at radius 1 is 1.07 bits per heavy atom. The molecule has 0 saturated heterocycles. The third kappa shape index (κ3) is 3.65. The molecule has 10 nitrogen and oxygen atoms in total. The summed E-state index contributed by atoms with van der Waals surface area (Å²) in [4.78, 5) is 33.0. The predicted octanol–water partition coefficient (Wildman–Crippen LogP) is 2.21. The molecule has 0 aliphatic heterocycles. The van der Waals surface area contributed by atoms with Gasteiger partial charge in [-0.3, -0.25) is 24.2 Å². The number of hydrogen-bond acceptors (Lipinski definition) is 6. The standard InChI is InChI=1S/C20H18N8O2/c1-4-19(29)25-14-5-16(12(2)21-7-14)26-20(30)15-8-24-28-11-17(22-9-18(15)28)13-6-23-27(3)10-13/h4-11H,1H2,2-3H3,(H,25,29)(H,26,30). The smallest absolute Gasteiger partial charge is 0.259 e. The monoisotopic (exact) mass is 402 g/mol. The Hall–Kier alpha value is -4.34. The SMILES string of the molecule is C=CC(=O)Nc1cnc(C)c(NC(=O)c2cnn3cc(-c4cnn(C)c4)ncc23)c1. The Balaban J connectivity index is 1.60. The predicted molar refractivity (Wildman–Crippen MR) is 111 cm³/mol. The average molecular weight is 402 g/mol. The lowest BCUT2D eigenvalue weighted by molar-refractivity contribution is -0.111. The van der Waals surface area contributed by atoms with Crippen molar-refractivity contribution in [1.82, 2.24) is 29.4 Å². The van der Waals surface area contributed by atoms with Crippen molar-refractivity contribution in [3.63, 3.8) is 0 Å². The van der Waals surface area contributed by atoms with Crippen LogP contribution in [0.4, 0.5) is 11.4 Å². The molecule has 0 bridgehead atoms. The van der Waals surface area contributed by atoms with E-state index in [9.17, 15) is 9.59 Å². The van der Waals surface area contributed by atoms with Gasteiger partial charge in [-0.05, 0) is 19.1 Å². The molecule has 0 unspecified atom stereocenters. The van der Waals surface area contributed by atoms with Gasteiger partial charge in [0.25, 0.3) is 5.91 Å². The zero-order valence-electron chi connectivity index (χ0n) is 16.3. The highest BCUT2D eigenvalue weighted by atomic mass is 16.2. The summed E-state index contributed by atoms with van der Waals surface area (Å²) in [6.07, 6.45) is 11.0. The highest BCUT2D eigenvalue weighted by molar-refractivity contribution is 6.09. The van der Waals surface area contributed by atoms with Crippen molar-refractivity contribution in [2.75, 3.05) is 10.6 Å². The van der Waals surface area contributed by atoms with Crippen LogP contribution in [0, 0.1) is 6.92 Å². The Morgan fingerprint density at radius 3 is 2.63 bits per heavy atom. The normalized spacial score (nSPS) is 10.7. The van der Waals surface area contributed by atoms with Crippen LogP contribution in [0.2, 0.25) is 0 Å². The van der Waals surface area contributed by atoms with E-state index in [1.807, 2.05) is 13.2 Å². The summed E-state index contributed by atoms with van der Waals surface area (Å²) in [7, 11) is 1.83. The zero-order chi connectivity index (χ0) is 21.3. The number of aromatic nitrogens is 6. The molecule has 0 aromatic carbocycles. The molecule has 0 fully saturated rings. The van der Waals surface area contributed by atoms with E-state index >= 15 is 0 Å². The first kappa shape index (κ1) is 19.0. The first-order valence-corrected chi connectivity index (χ1v) is 8.98. The molecule has 0 atom stereocenters. The van der Waals surface area contributed by atoms with Crippen molar-refractivity contribution in [3.8, 4) is 11.3 Å². The van der Waals surface area contributed by atoms with E-state index in [0.29, 0.717) is 33.8 Å². The van der Waals surface area contributed by atoms with Crippen LogP contribution in [0.15, 0.2) is 55.9 Å². The fourth-order valence-electron chi connectivity index (χ4n) is 2.87. The summed E-state index contributed by atoms with van der Waals surface area (Å²) in [5, 5.41) is 13.8. The molecule has 4 aromatic heterocycles. The maximum absolute atomic E-state index is 12.9. The number of amides is 2. The quantitative estimate of drug-likeness (QED) is 0.494. The Labute approximate surface area is 171 Å². The molecule has 4 aromatic rings. The molecule has 10 heteroatoms. The van der Waals surface area contributed by atoms with Gasteiger partial charge in [-0.15, -0.1) is 0 Å². The Kier molecular flexibility index (Phi) is 4.80. The highest BCUT2D eigenvalue weighted by Crippen LogP contribution is 2.21. The summed E-state index contributed by atoms with van der Waals surface area (Å²) in [5.41, 5.74) is 3.98. The van der Waals surface area contributed by atoms with Crippen LogP contribution >= 0.6 is 0 Å². The zero-order valence-corrected chi connectivity index (χ0v) is 16.3. The Bertz CT molecular complexity index is 1290. The van der Waals surface area contributed by atoms with Crippen molar-refractivity contribution in [1.29, 1.82) is 0 Å². The number of carbonyl (C=O) groups is 2. The minimum absolute atomic E-state index is 0.361. The summed E-state index contributed by atoms with van der Waals surface area (Å²) >= 11 is 0. The number of pyridine rings is 1. The van der Waals surface area contributed by atoms with Crippen LogP contribution in [0.25, 0.3) is 16.8 Å². The van der Waals surface area contributed by atoms with Gasteiger partial charge in [0.1, 0.15) is 0 Å². The molecule has 0 saturated carbocycles. The van der Waals surface area contributed by atoms with Gasteiger partial charge in [-0.1, -0.05) is 6.58 Å². The van der Waals surface area contributed by atoms with E-state index < -0.39 is 0 Å². The largest absolute Gasteiger partial charge is 0.321 e. The molecule has 2 amide bonds. The molecule has 0 aliphatic rings. The number of nitrogens with one attached hydrogen (secondary N) is 2. The molecule has 150 valence electrons. The van der Waals surface area contributed by atoms with E-state index in [1.54, 1.807) is 40.8 Å². The van der Waals surface area contributed by atoms with Crippen LogP contribution in [-0.2, 0) is 11.8 Å². The molecule has 0 spiro atoms. The number of aryl methyl sites for hydroxylation is 2. The minimum Gasteiger partial charge on any atom is -0.321 e. The maximum atomic E-state index is 12.9. The van der Waals surface area contributed by atoms with Crippen LogP contribution < -0.4 is 10.6 Å². The molecular formula is C20H18N8O2. The highest BCUT2D eigenvalue weighted by Gasteiger charge is 2.16. The molecule has 30 heavy (non-hydrogen) atoms. The summed E-state index contributed by atoms with van der Waals surface area (Å²) < 4.78 is 3.28. The molecule has 0 radical (unpaired) electrons. The summed E-state index contributed by atoms with van der Waals surface area (Å²) in [5.74, 6) is -0.728. The van der Waals surface area contributed by atoms with Gasteiger partial charge in [0, 0.05) is 18.8 Å². The van der Waals surface area contributed by atoms with Gasteiger partial charge in [0.15, 0.2) is 0 Å². The van der Waals surface area contributed by atoms with Gasteiger partial charge >= 0.3 is 0 Å². The average Bonchev–Trinajstić information content (AvgIpc) is 3.36. The fraction of sp³-hybridized carbons (Fsp3) is 0.100. The molecule has 0 aliphatic carbocycles. The third-order valence-electron chi connectivity index (χ3n) is 4.44. The van der Waals surface area contributed by atoms with Crippen LogP contribution in [-0.4, -0.2) is 41.2 Å². The summed E-state index contributed by atoms with van der Waals surface area (Å²) in [6, 6.07) is 1.63. The lowest BCUT2D eigenvalue weighted by Crippen LogP contribution is -2.14. The van der Waals surface area contributed by atoms with Crippen molar-refractivity contribution in [2.24, 2.45) is 7.05 Å².